The molecule has 2 N–H and O–H groups in total. The number of fused-ring (bicyclic) bond motifs is 1. The summed E-state index contributed by atoms with van der Waals surface area (Å²) in [5, 5.41) is 21.7. The zero-order valence-corrected chi connectivity index (χ0v) is 14.1. The standard InChI is InChI=1S/C18H17NO4.ClH/c1-22-16-5-3-11(8-15(16)20)7-12-9-19-10-14-13(12)4-6-17(23-2)18(14)21;/h3-6,8-10,20-21H,7H2,1-2H3;1H. The molecule has 6 heteroatoms. The highest BCUT2D eigenvalue weighted by atomic mass is 35.5. The first-order valence-electron chi connectivity index (χ1n) is 7.12. The fraction of sp³-hybridized carbons (Fsp3) is 0.167. The lowest BCUT2D eigenvalue weighted by Crippen LogP contribution is -1.94. The van der Waals surface area contributed by atoms with Crippen LogP contribution >= 0.6 is 12.4 Å². The van der Waals surface area contributed by atoms with Crippen molar-refractivity contribution in [2.24, 2.45) is 0 Å². The summed E-state index contributed by atoms with van der Waals surface area (Å²) in [6.07, 6.45) is 3.95. The van der Waals surface area contributed by atoms with Gasteiger partial charge in [-0.05, 0) is 41.1 Å². The van der Waals surface area contributed by atoms with Crippen molar-refractivity contribution in [2.45, 2.75) is 6.42 Å². The van der Waals surface area contributed by atoms with Crippen LogP contribution in [0.15, 0.2) is 42.7 Å². The van der Waals surface area contributed by atoms with Crippen molar-refractivity contribution >= 4 is 23.2 Å². The Morgan fingerprint density at radius 1 is 0.917 bits per heavy atom. The number of phenolic OH excluding ortho intramolecular Hbond substituents is 2. The molecule has 0 amide bonds. The van der Waals surface area contributed by atoms with Crippen molar-refractivity contribution in [1.82, 2.24) is 4.98 Å². The third-order valence-corrected chi connectivity index (χ3v) is 3.82. The number of pyridine rings is 1. The van der Waals surface area contributed by atoms with Gasteiger partial charge >= 0.3 is 0 Å². The zero-order valence-electron chi connectivity index (χ0n) is 13.3. The van der Waals surface area contributed by atoms with Gasteiger partial charge in [-0.25, -0.2) is 0 Å². The minimum atomic E-state index is 0. The molecule has 126 valence electrons. The lowest BCUT2D eigenvalue weighted by molar-refractivity contribution is 0.373. The van der Waals surface area contributed by atoms with Crippen LogP contribution < -0.4 is 9.47 Å². The molecule has 0 atom stereocenters. The maximum atomic E-state index is 10.2. The Labute approximate surface area is 145 Å². The van der Waals surface area contributed by atoms with E-state index in [1.54, 1.807) is 30.6 Å². The Kier molecular flexibility index (Phi) is 5.36. The summed E-state index contributed by atoms with van der Waals surface area (Å²) in [4.78, 5) is 4.20. The van der Waals surface area contributed by atoms with Crippen LogP contribution in [0.4, 0.5) is 0 Å². The molecule has 0 unspecified atom stereocenters. The van der Waals surface area contributed by atoms with Gasteiger partial charge in [0.25, 0.3) is 0 Å². The predicted molar refractivity (Wildman–Crippen MR) is 94.7 cm³/mol. The number of halogens is 1. The highest BCUT2D eigenvalue weighted by Crippen LogP contribution is 2.36. The fourth-order valence-corrected chi connectivity index (χ4v) is 2.64. The molecule has 0 fully saturated rings. The molecule has 0 aliphatic rings. The molecule has 2 aromatic carbocycles. The van der Waals surface area contributed by atoms with Gasteiger partial charge in [-0.15, -0.1) is 12.4 Å². The molecule has 0 saturated carbocycles. The van der Waals surface area contributed by atoms with Gasteiger partial charge in [-0.1, -0.05) is 12.1 Å². The van der Waals surface area contributed by atoms with Gasteiger partial charge in [0, 0.05) is 17.8 Å². The Morgan fingerprint density at radius 2 is 1.62 bits per heavy atom. The fourth-order valence-electron chi connectivity index (χ4n) is 2.64. The van der Waals surface area contributed by atoms with Crippen LogP contribution in [0.5, 0.6) is 23.0 Å². The average Bonchev–Trinajstić information content (AvgIpc) is 2.56. The lowest BCUT2D eigenvalue weighted by atomic mass is 10.00. The number of methoxy groups -OCH3 is 2. The SMILES string of the molecule is COc1ccc(Cc2cncc3c(O)c(OC)ccc23)cc1O.Cl. The van der Waals surface area contributed by atoms with Crippen LogP contribution in [0, 0.1) is 0 Å². The van der Waals surface area contributed by atoms with Crippen molar-refractivity contribution in [1.29, 1.82) is 0 Å². The minimum Gasteiger partial charge on any atom is -0.504 e. The monoisotopic (exact) mass is 347 g/mol. The minimum absolute atomic E-state index is 0. The normalized spacial score (nSPS) is 10.2. The van der Waals surface area contributed by atoms with Crippen LogP contribution in [0.3, 0.4) is 0 Å². The van der Waals surface area contributed by atoms with Gasteiger partial charge in [0.05, 0.1) is 14.2 Å². The molecule has 24 heavy (non-hydrogen) atoms. The highest BCUT2D eigenvalue weighted by Gasteiger charge is 2.11. The number of benzene rings is 2. The number of hydrogen-bond donors (Lipinski definition) is 2. The Hall–Kier alpha value is -2.66. The first kappa shape index (κ1) is 17.7. The highest BCUT2D eigenvalue weighted by molar-refractivity contribution is 5.92. The van der Waals surface area contributed by atoms with Crippen molar-refractivity contribution in [2.75, 3.05) is 14.2 Å². The second-order valence-electron chi connectivity index (χ2n) is 5.19. The molecule has 3 rings (SSSR count). The van der Waals surface area contributed by atoms with E-state index in [4.69, 9.17) is 9.47 Å². The second-order valence-corrected chi connectivity index (χ2v) is 5.19. The number of hydrogen-bond acceptors (Lipinski definition) is 5. The van der Waals surface area contributed by atoms with Crippen molar-refractivity contribution in [3.8, 4) is 23.0 Å². The summed E-state index contributed by atoms with van der Waals surface area (Å²) in [6.45, 7) is 0. The zero-order chi connectivity index (χ0) is 16.4. The summed E-state index contributed by atoms with van der Waals surface area (Å²) < 4.78 is 10.2. The third-order valence-electron chi connectivity index (χ3n) is 3.82. The van der Waals surface area contributed by atoms with Crippen molar-refractivity contribution in [3.63, 3.8) is 0 Å². The molecule has 0 spiro atoms. The molecule has 0 radical (unpaired) electrons. The molecule has 3 aromatic rings. The molecule has 0 aliphatic heterocycles. The van der Waals surface area contributed by atoms with Crippen LogP contribution in [-0.2, 0) is 6.42 Å². The molecule has 1 aromatic heterocycles. The van der Waals surface area contributed by atoms with Crippen LogP contribution in [0.1, 0.15) is 11.1 Å². The van der Waals surface area contributed by atoms with Gasteiger partial charge < -0.3 is 19.7 Å². The summed E-state index contributed by atoms with van der Waals surface area (Å²) in [5.74, 6) is 1.03. The van der Waals surface area contributed by atoms with Gasteiger partial charge in [0.1, 0.15) is 0 Å². The summed E-state index contributed by atoms with van der Waals surface area (Å²) in [5.41, 5.74) is 1.87. The van der Waals surface area contributed by atoms with E-state index in [1.165, 1.54) is 14.2 Å². The molecular formula is C18H18ClNO4. The largest absolute Gasteiger partial charge is 0.504 e. The van der Waals surface area contributed by atoms with Crippen LogP contribution in [0.25, 0.3) is 10.8 Å². The Bertz CT molecular complexity index is 867. The van der Waals surface area contributed by atoms with E-state index in [-0.39, 0.29) is 23.9 Å². The smallest absolute Gasteiger partial charge is 0.167 e. The summed E-state index contributed by atoms with van der Waals surface area (Å²) >= 11 is 0. The quantitative estimate of drug-likeness (QED) is 0.753. The maximum Gasteiger partial charge on any atom is 0.167 e. The predicted octanol–water partition coefficient (Wildman–Crippen LogP) is 3.68. The molecule has 0 saturated heterocycles. The van der Waals surface area contributed by atoms with Gasteiger partial charge in [0.2, 0.25) is 0 Å². The Morgan fingerprint density at radius 3 is 2.29 bits per heavy atom. The van der Waals surface area contributed by atoms with E-state index < -0.39 is 0 Å². The van der Waals surface area contributed by atoms with Gasteiger partial charge in [-0.3, -0.25) is 4.98 Å². The number of aromatic nitrogens is 1. The van der Waals surface area contributed by atoms with Crippen molar-refractivity contribution in [3.05, 3.63) is 53.9 Å². The van der Waals surface area contributed by atoms with E-state index >= 15 is 0 Å². The van der Waals surface area contributed by atoms with E-state index in [0.29, 0.717) is 23.3 Å². The first-order chi connectivity index (χ1) is 11.1. The average molecular weight is 348 g/mol. The van der Waals surface area contributed by atoms with E-state index in [9.17, 15) is 10.2 Å². The van der Waals surface area contributed by atoms with Crippen LogP contribution in [-0.4, -0.2) is 29.4 Å². The van der Waals surface area contributed by atoms with Crippen LogP contribution in [0.2, 0.25) is 0 Å². The second kappa shape index (κ2) is 7.27. The molecule has 0 aliphatic carbocycles. The van der Waals surface area contributed by atoms with E-state index in [0.717, 1.165) is 16.5 Å². The Balaban J connectivity index is 0.00000208. The number of aromatic hydroxyl groups is 2. The maximum absolute atomic E-state index is 10.2. The van der Waals surface area contributed by atoms with Gasteiger partial charge in [0.15, 0.2) is 23.0 Å². The van der Waals surface area contributed by atoms with Crippen molar-refractivity contribution < 1.29 is 19.7 Å². The molecule has 1 heterocycles. The number of ether oxygens (including phenoxy) is 2. The van der Waals surface area contributed by atoms with E-state index in [1.807, 2.05) is 12.1 Å². The summed E-state index contributed by atoms with van der Waals surface area (Å²) in [7, 11) is 3.03. The third kappa shape index (κ3) is 3.16. The summed E-state index contributed by atoms with van der Waals surface area (Å²) in [6, 6.07) is 8.91. The lowest BCUT2D eigenvalue weighted by Gasteiger charge is -2.11. The first-order valence-corrected chi connectivity index (χ1v) is 7.12. The number of nitrogens with zero attached hydrogens (tertiary/aromatic N) is 1. The van der Waals surface area contributed by atoms with E-state index in [2.05, 4.69) is 4.98 Å². The molecule has 0 bridgehead atoms. The number of rotatable bonds is 4. The number of phenols is 2. The molecule has 5 nitrogen and oxygen atoms in total. The molecular weight excluding hydrogens is 330 g/mol. The van der Waals surface area contributed by atoms with Gasteiger partial charge in [-0.2, -0.15) is 0 Å². The topological polar surface area (TPSA) is 71.8 Å².